The highest BCUT2D eigenvalue weighted by molar-refractivity contribution is 6.02. The lowest BCUT2D eigenvalue weighted by atomic mass is 9.90. The molecular formula is C68H61N3O12. The molecule has 0 spiro atoms. The van der Waals surface area contributed by atoms with Gasteiger partial charge in [-0.25, -0.2) is 9.59 Å². The van der Waals surface area contributed by atoms with Crippen molar-refractivity contribution in [3.05, 3.63) is 214 Å². The van der Waals surface area contributed by atoms with Crippen molar-refractivity contribution in [1.29, 1.82) is 0 Å². The van der Waals surface area contributed by atoms with Gasteiger partial charge in [0.1, 0.15) is 35.6 Å². The Labute approximate surface area is 479 Å². The fourth-order valence-electron chi connectivity index (χ4n) is 10.7. The smallest absolute Gasteiger partial charge is 0.339 e. The highest BCUT2D eigenvalue weighted by Crippen LogP contribution is 2.49. The predicted molar refractivity (Wildman–Crippen MR) is 321 cm³/mol. The molecule has 0 fully saturated rings. The molecule has 2 aliphatic heterocycles. The fourth-order valence-corrected chi connectivity index (χ4v) is 10.7. The van der Waals surface area contributed by atoms with Crippen molar-refractivity contribution in [2.24, 2.45) is 7.05 Å². The number of aryl methyl sites for hydroxylation is 2. The maximum atomic E-state index is 12.9. The quantitative estimate of drug-likeness (QED) is 0.0894. The molecule has 0 saturated carbocycles. The second-order valence-electron chi connectivity index (χ2n) is 20.3. The summed E-state index contributed by atoms with van der Waals surface area (Å²) < 4.78 is 32.0. The van der Waals surface area contributed by atoms with E-state index in [4.69, 9.17) is 23.7 Å². The van der Waals surface area contributed by atoms with Crippen LogP contribution in [0.4, 0.5) is 5.69 Å². The first-order chi connectivity index (χ1) is 39.9. The van der Waals surface area contributed by atoms with Crippen LogP contribution in [0.25, 0.3) is 61.9 Å². The van der Waals surface area contributed by atoms with Gasteiger partial charge in [0.2, 0.25) is 11.2 Å². The Morgan fingerprint density at radius 2 is 1.36 bits per heavy atom. The van der Waals surface area contributed by atoms with Crippen LogP contribution in [-0.4, -0.2) is 84.8 Å². The van der Waals surface area contributed by atoms with Crippen LogP contribution in [0, 0.1) is 13.8 Å². The summed E-state index contributed by atoms with van der Waals surface area (Å²) in [6.07, 6.45) is 6.22. The van der Waals surface area contributed by atoms with Gasteiger partial charge in [0, 0.05) is 101 Å². The Bertz CT molecular complexity index is 4140. The molecule has 2 aromatic heterocycles. The number of pyridine rings is 1. The number of rotatable bonds is 11. The summed E-state index contributed by atoms with van der Waals surface area (Å²) in [7, 11) is 11.0. The van der Waals surface area contributed by atoms with Crippen LogP contribution in [0.2, 0.25) is 0 Å². The highest BCUT2D eigenvalue weighted by atomic mass is 16.7. The van der Waals surface area contributed by atoms with Crippen molar-refractivity contribution < 1.29 is 63.4 Å². The molecule has 4 N–H and O–H groups in total. The van der Waals surface area contributed by atoms with Gasteiger partial charge >= 0.3 is 11.9 Å². The second kappa shape index (κ2) is 23.1. The third-order valence-electron chi connectivity index (χ3n) is 15.1. The van der Waals surface area contributed by atoms with Gasteiger partial charge in [-0.05, 0) is 125 Å². The second-order valence-corrected chi connectivity index (χ2v) is 20.3. The Morgan fingerprint density at radius 3 is 2.02 bits per heavy atom. The number of aromatic hydroxyl groups is 1. The molecule has 83 heavy (non-hydrogen) atoms. The molecule has 10 aromatic rings. The highest BCUT2D eigenvalue weighted by Gasteiger charge is 2.44. The molecule has 420 valence electrons. The summed E-state index contributed by atoms with van der Waals surface area (Å²) in [5.41, 5.74) is 10.6. The van der Waals surface area contributed by atoms with Crippen molar-refractivity contribution in [3.63, 3.8) is 0 Å². The van der Waals surface area contributed by atoms with Gasteiger partial charge in [-0.15, -0.1) is 0 Å². The number of methoxy groups -OCH3 is 3. The number of para-hydroxylation sites is 1. The van der Waals surface area contributed by atoms with Gasteiger partial charge < -0.3 is 58.7 Å². The first-order valence-electron chi connectivity index (χ1n) is 26.6. The van der Waals surface area contributed by atoms with Gasteiger partial charge in [-0.1, -0.05) is 72.5 Å². The van der Waals surface area contributed by atoms with E-state index < -0.39 is 29.2 Å². The normalized spacial score (nSPS) is 13.9. The van der Waals surface area contributed by atoms with E-state index >= 15 is 0 Å². The molecule has 8 aromatic carbocycles. The average molecular weight is 1110 g/mol. The number of ether oxygens (including phenoxy) is 5. The largest absolute Gasteiger partial charge is 0.872 e. The zero-order valence-corrected chi connectivity index (χ0v) is 47.1. The number of aliphatic hydroxyl groups is 1. The number of aromatic nitrogens is 2. The molecule has 12 rings (SSSR count). The maximum absolute atomic E-state index is 12.9. The van der Waals surface area contributed by atoms with Crippen molar-refractivity contribution >= 4 is 73.9 Å². The molecule has 4 heterocycles. The summed E-state index contributed by atoms with van der Waals surface area (Å²) >= 11 is 0. The monoisotopic (exact) mass is 1110 g/mol. The lowest BCUT2D eigenvalue weighted by Crippen LogP contribution is -2.47. The van der Waals surface area contributed by atoms with Crippen molar-refractivity contribution in [2.75, 3.05) is 46.9 Å². The molecular weight excluding hydrogens is 1050 g/mol. The predicted octanol–water partition coefficient (Wildman–Crippen LogP) is 11.8. The molecule has 2 aliphatic rings. The first-order valence-corrected chi connectivity index (χ1v) is 26.6. The summed E-state index contributed by atoms with van der Waals surface area (Å²) in [4.78, 5) is 25.3. The minimum Gasteiger partial charge on any atom is -0.872 e. The number of aromatic carboxylic acids is 2. The molecule has 0 amide bonds. The SMILES string of the molecule is COc1ccc2c(c1)OC1(O)COc3cc(OC)c(OC)cc3C1=C2.Cc1cc(C=Cc2ccc3cc(N(C)C)ccc3[n+]2C)c(C)n1-c1ccccc1.O=C(O)c1cc2ccccc2c(Cc2c(O)c(C(=O)O)cc3ccccc23)c1[O-]. The third-order valence-corrected chi connectivity index (χ3v) is 15.1. The summed E-state index contributed by atoms with van der Waals surface area (Å²) in [6, 6.07) is 49.3. The van der Waals surface area contributed by atoms with Crippen molar-refractivity contribution in [1.82, 2.24) is 4.57 Å². The zero-order chi connectivity index (χ0) is 58.9. The maximum Gasteiger partial charge on any atom is 0.339 e. The van der Waals surface area contributed by atoms with Crippen LogP contribution in [0.3, 0.4) is 0 Å². The molecule has 0 aliphatic carbocycles. The average Bonchev–Trinajstić information content (AvgIpc) is 3.14. The van der Waals surface area contributed by atoms with Gasteiger partial charge in [-0.2, -0.15) is 4.57 Å². The molecule has 0 radical (unpaired) electrons. The number of anilines is 1. The van der Waals surface area contributed by atoms with E-state index in [2.05, 4.69) is 128 Å². The van der Waals surface area contributed by atoms with Gasteiger partial charge in [0.25, 0.3) is 5.79 Å². The molecule has 1 unspecified atom stereocenters. The third kappa shape index (κ3) is 10.9. The van der Waals surface area contributed by atoms with E-state index in [9.17, 15) is 35.1 Å². The van der Waals surface area contributed by atoms with E-state index in [1.165, 1.54) is 57.1 Å². The van der Waals surface area contributed by atoms with E-state index in [1.54, 1.807) is 88.1 Å². The minimum absolute atomic E-state index is 0.0298. The van der Waals surface area contributed by atoms with E-state index in [1.807, 2.05) is 18.2 Å². The van der Waals surface area contributed by atoms with E-state index in [0.29, 0.717) is 61.4 Å². The van der Waals surface area contributed by atoms with Crippen LogP contribution in [0.15, 0.2) is 158 Å². The number of hydrogen-bond donors (Lipinski definition) is 4. The topological polar surface area (TPSA) is 196 Å². The summed E-state index contributed by atoms with van der Waals surface area (Å²) in [6.45, 7) is 4.32. The number of phenols is 1. The Kier molecular flexibility index (Phi) is 15.6. The van der Waals surface area contributed by atoms with E-state index in [-0.39, 0.29) is 35.3 Å². The standard InChI is InChI=1S/C26H28N3.C23H16O6.C19H18O6/c1-19-17-21(20(2)29(19)24-9-7-6-8-10-24)11-13-23-14-12-22-18-25(27(3)4)15-16-26(22)28(23)5;24-20-16(14-7-3-1-5-12(14)9-18(20)22(26)27)11-17-15-8-4-2-6-13(15)10-19(21(17)25)23(28)29;1-21-12-5-4-11-6-14-13-8-17(22-2)18(23-3)9-16(13)24-10-19(14,20)25-15(11)7-12/h6-18H,1-5H3;1-10,24-25H,11H2,(H,26,27)(H,28,29);4-9,20H,10H2,1-3H3/q+1;;/p-1. The van der Waals surface area contributed by atoms with Gasteiger partial charge in [0.05, 0.1) is 26.9 Å². The zero-order valence-electron chi connectivity index (χ0n) is 47.1. The number of carboxylic acid groups (broad SMARTS) is 2. The Balaban J connectivity index is 0.000000140. The van der Waals surface area contributed by atoms with Crippen LogP contribution in [0.5, 0.6) is 40.2 Å². The van der Waals surface area contributed by atoms with Crippen LogP contribution in [-0.2, 0) is 13.5 Å². The van der Waals surface area contributed by atoms with Crippen LogP contribution >= 0.6 is 0 Å². The molecule has 15 nitrogen and oxygen atoms in total. The van der Waals surface area contributed by atoms with E-state index in [0.717, 1.165) is 5.56 Å². The fraction of sp³-hybridized carbons (Fsp3) is 0.162. The number of fused-ring (bicyclic) bond motifs is 7. The van der Waals surface area contributed by atoms with Gasteiger partial charge in [-0.3, -0.25) is 0 Å². The molecule has 0 saturated heterocycles. The number of benzene rings is 8. The van der Waals surface area contributed by atoms with Crippen LogP contribution < -0.4 is 38.3 Å². The number of hydrogen-bond acceptors (Lipinski definition) is 11. The van der Waals surface area contributed by atoms with Crippen LogP contribution in [0.1, 0.15) is 65.6 Å². The summed E-state index contributed by atoms with van der Waals surface area (Å²) in [5.74, 6) is -2.37. The number of nitrogens with zero attached hydrogens (tertiary/aromatic N) is 3. The van der Waals surface area contributed by atoms with Crippen molar-refractivity contribution in [3.8, 4) is 45.9 Å². The lowest BCUT2D eigenvalue weighted by Gasteiger charge is -2.39. The van der Waals surface area contributed by atoms with Crippen molar-refractivity contribution in [2.45, 2.75) is 26.1 Å². The Hall–Kier alpha value is -10.3. The Morgan fingerprint density at radius 1 is 0.711 bits per heavy atom. The molecule has 0 bridgehead atoms. The minimum atomic E-state index is -1.58. The number of carbonyl (C=O) groups is 2. The summed E-state index contributed by atoms with van der Waals surface area (Å²) in [5, 5.41) is 57.1. The van der Waals surface area contributed by atoms with Gasteiger partial charge in [0.15, 0.2) is 18.1 Å². The number of carboxylic acids is 2. The molecule has 15 heteroatoms. The first kappa shape index (κ1) is 56.0. The molecule has 1 atom stereocenters. The lowest BCUT2D eigenvalue weighted by molar-refractivity contribution is -0.646.